The number of anilines is 1. The molecule has 0 amide bonds. The maximum atomic E-state index is 6.11. The van der Waals surface area contributed by atoms with E-state index in [1.165, 1.54) is 0 Å². The minimum atomic E-state index is -0.115. The summed E-state index contributed by atoms with van der Waals surface area (Å²) >= 11 is 12.1. The lowest BCUT2D eigenvalue weighted by Gasteiger charge is -2.26. The van der Waals surface area contributed by atoms with Crippen LogP contribution in [-0.4, -0.2) is 21.5 Å². The van der Waals surface area contributed by atoms with Gasteiger partial charge in [0.05, 0.1) is 33.6 Å². The number of nitrogens with one attached hydrogen (secondary N) is 2. The zero-order valence-electron chi connectivity index (χ0n) is 12.3. The molecule has 0 atom stereocenters. The second-order valence-electron chi connectivity index (χ2n) is 5.86. The normalized spacial score (nSPS) is 11.8. The number of aromatic amines is 1. The molecule has 22 heavy (non-hydrogen) atoms. The lowest BCUT2D eigenvalue weighted by Crippen LogP contribution is -2.27. The van der Waals surface area contributed by atoms with E-state index in [0.29, 0.717) is 16.6 Å². The second-order valence-corrected chi connectivity index (χ2v) is 6.67. The molecule has 0 unspecified atom stereocenters. The van der Waals surface area contributed by atoms with Crippen molar-refractivity contribution >= 4 is 40.1 Å². The van der Waals surface area contributed by atoms with Crippen LogP contribution >= 0.6 is 23.2 Å². The number of H-pyrrole nitrogens is 1. The highest BCUT2D eigenvalue weighted by Crippen LogP contribution is 2.30. The van der Waals surface area contributed by atoms with Crippen LogP contribution in [0.1, 0.15) is 19.4 Å². The Morgan fingerprint density at radius 3 is 2.73 bits per heavy atom. The molecule has 0 saturated heterocycles. The number of fused-ring (bicyclic) bond motifs is 1. The van der Waals surface area contributed by atoms with Gasteiger partial charge in [0.1, 0.15) is 5.82 Å². The molecular formula is C16H16Cl2N4. The van der Waals surface area contributed by atoms with E-state index in [2.05, 4.69) is 34.1 Å². The number of halogens is 2. The monoisotopic (exact) mass is 334 g/mol. The maximum absolute atomic E-state index is 6.11. The van der Waals surface area contributed by atoms with Gasteiger partial charge in [-0.05, 0) is 17.7 Å². The van der Waals surface area contributed by atoms with Crippen LogP contribution in [0.3, 0.4) is 0 Å². The van der Waals surface area contributed by atoms with Gasteiger partial charge in [0.15, 0.2) is 0 Å². The lowest BCUT2D eigenvalue weighted by atomic mass is 9.84. The Bertz CT molecular complexity index is 811. The van der Waals surface area contributed by atoms with E-state index in [1.54, 1.807) is 12.5 Å². The Labute approximate surface area is 138 Å². The van der Waals surface area contributed by atoms with Gasteiger partial charge < -0.3 is 10.3 Å². The fourth-order valence-electron chi connectivity index (χ4n) is 2.26. The molecule has 0 saturated carbocycles. The summed E-state index contributed by atoms with van der Waals surface area (Å²) < 4.78 is 0. The van der Waals surface area contributed by atoms with Crippen molar-refractivity contribution in [2.45, 2.75) is 19.3 Å². The van der Waals surface area contributed by atoms with Crippen LogP contribution in [0.25, 0.3) is 11.0 Å². The molecule has 4 nitrogen and oxygen atoms in total. The van der Waals surface area contributed by atoms with Crippen molar-refractivity contribution in [3.05, 3.63) is 52.4 Å². The Morgan fingerprint density at radius 1 is 1.14 bits per heavy atom. The van der Waals surface area contributed by atoms with Crippen molar-refractivity contribution in [1.82, 2.24) is 15.0 Å². The standard InChI is InChI=1S/C16H16Cl2N4/c1-16(2,10-3-4-11(17)12(18)5-10)8-20-15-6-13-14(7-19-15)22-9-21-13/h3-7,9H,8H2,1-2H3,(H,19,20)(H,21,22). The third kappa shape index (κ3) is 3.03. The third-order valence-electron chi connectivity index (χ3n) is 3.72. The van der Waals surface area contributed by atoms with Crippen LogP contribution in [0, 0.1) is 0 Å². The molecule has 0 spiro atoms. The van der Waals surface area contributed by atoms with Crippen LogP contribution in [0.4, 0.5) is 5.82 Å². The van der Waals surface area contributed by atoms with Gasteiger partial charge in [0.25, 0.3) is 0 Å². The summed E-state index contributed by atoms with van der Waals surface area (Å²) in [6, 6.07) is 7.67. The van der Waals surface area contributed by atoms with Gasteiger partial charge >= 0.3 is 0 Å². The van der Waals surface area contributed by atoms with Crippen LogP contribution in [0.15, 0.2) is 36.8 Å². The predicted octanol–water partition coefficient (Wildman–Crippen LogP) is 4.65. The molecular weight excluding hydrogens is 319 g/mol. The highest BCUT2D eigenvalue weighted by molar-refractivity contribution is 6.42. The van der Waals surface area contributed by atoms with Crippen molar-refractivity contribution in [3.8, 4) is 0 Å². The maximum Gasteiger partial charge on any atom is 0.128 e. The van der Waals surface area contributed by atoms with Crippen molar-refractivity contribution in [2.24, 2.45) is 0 Å². The van der Waals surface area contributed by atoms with Gasteiger partial charge in [-0.3, -0.25) is 0 Å². The molecule has 2 aromatic heterocycles. The first-order chi connectivity index (χ1) is 10.5. The predicted molar refractivity (Wildman–Crippen MR) is 91.9 cm³/mol. The number of hydrogen-bond donors (Lipinski definition) is 2. The number of aromatic nitrogens is 3. The Kier molecular flexibility index (Phi) is 3.98. The second kappa shape index (κ2) is 5.78. The smallest absolute Gasteiger partial charge is 0.128 e. The molecule has 114 valence electrons. The lowest BCUT2D eigenvalue weighted by molar-refractivity contribution is 0.556. The molecule has 0 aliphatic heterocycles. The van der Waals surface area contributed by atoms with Gasteiger partial charge in [-0.25, -0.2) is 9.97 Å². The van der Waals surface area contributed by atoms with Crippen LogP contribution in [0.2, 0.25) is 10.0 Å². The summed E-state index contributed by atoms with van der Waals surface area (Å²) in [5.41, 5.74) is 2.82. The summed E-state index contributed by atoms with van der Waals surface area (Å²) in [4.78, 5) is 11.6. The number of benzene rings is 1. The molecule has 0 aliphatic rings. The van der Waals surface area contributed by atoms with Crippen molar-refractivity contribution in [2.75, 3.05) is 11.9 Å². The van der Waals surface area contributed by atoms with Gasteiger partial charge in [-0.1, -0.05) is 43.1 Å². The minimum Gasteiger partial charge on any atom is -0.369 e. The van der Waals surface area contributed by atoms with Gasteiger partial charge in [0.2, 0.25) is 0 Å². The highest BCUT2D eigenvalue weighted by atomic mass is 35.5. The zero-order valence-corrected chi connectivity index (χ0v) is 13.8. The summed E-state index contributed by atoms with van der Waals surface area (Å²) in [6.07, 6.45) is 3.44. The van der Waals surface area contributed by atoms with E-state index >= 15 is 0 Å². The van der Waals surface area contributed by atoms with E-state index in [0.717, 1.165) is 22.4 Å². The average Bonchev–Trinajstić information content (AvgIpc) is 2.95. The van der Waals surface area contributed by atoms with Crippen molar-refractivity contribution < 1.29 is 0 Å². The summed E-state index contributed by atoms with van der Waals surface area (Å²) in [7, 11) is 0. The molecule has 0 bridgehead atoms. The molecule has 6 heteroatoms. The van der Waals surface area contributed by atoms with Crippen LogP contribution < -0.4 is 5.32 Å². The highest BCUT2D eigenvalue weighted by Gasteiger charge is 2.21. The number of pyridine rings is 1. The van der Waals surface area contributed by atoms with E-state index in [4.69, 9.17) is 23.2 Å². The number of hydrogen-bond acceptors (Lipinski definition) is 3. The first-order valence-corrected chi connectivity index (χ1v) is 7.70. The fraction of sp³-hybridized carbons (Fsp3) is 0.250. The van der Waals surface area contributed by atoms with Gasteiger partial charge in [0, 0.05) is 18.0 Å². The van der Waals surface area contributed by atoms with Crippen LogP contribution in [-0.2, 0) is 5.41 Å². The van der Waals surface area contributed by atoms with Crippen molar-refractivity contribution in [3.63, 3.8) is 0 Å². The first kappa shape index (κ1) is 15.1. The average molecular weight is 335 g/mol. The largest absolute Gasteiger partial charge is 0.369 e. The molecule has 0 radical (unpaired) electrons. The van der Waals surface area contributed by atoms with E-state index in [-0.39, 0.29) is 5.41 Å². The third-order valence-corrected chi connectivity index (χ3v) is 4.46. The number of rotatable bonds is 4. The minimum absolute atomic E-state index is 0.115. The molecule has 3 rings (SSSR count). The number of nitrogens with zero attached hydrogens (tertiary/aromatic N) is 2. The number of imidazole rings is 1. The first-order valence-electron chi connectivity index (χ1n) is 6.94. The zero-order chi connectivity index (χ0) is 15.7. The van der Waals surface area contributed by atoms with Gasteiger partial charge in [-0.2, -0.15) is 0 Å². The van der Waals surface area contributed by atoms with E-state index in [9.17, 15) is 0 Å². The molecule has 2 N–H and O–H groups in total. The fourth-order valence-corrected chi connectivity index (χ4v) is 2.56. The van der Waals surface area contributed by atoms with Crippen LogP contribution in [0.5, 0.6) is 0 Å². The Balaban J connectivity index is 1.77. The summed E-state index contributed by atoms with van der Waals surface area (Å²) in [5.74, 6) is 0.799. The Morgan fingerprint density at radius 2 is 1.95 bits per heavy atom. The molecule has 0 fully saturated rings. The van der Waals surface area contributed by atoms with Crippen molar-refractivity contribution in [1.29, 1.82) is 0 Å². The summed E-state index contributed by atoms with van der Waals surface area (Å²) in [6.45, 7) is 5.01. The quantitative estimate of drug-likeness (QED) is 0.729. The molecule has 1 aromatic carbocycles. The van der Waals surface area contributed by atoms with Gasteiger partial charge in [-0.15, -0.1) is 0 Å². The Hall–Kier alpha value is -1.78. The molecule has 2 heterocycles. The topological polar surface area (TPSA) is 53.6 Å². The molecule has 0 aliphatic carbocycles. The van der Waals surface area contributed by atoms with E-state index < -0.39 is 0 Å². The van der Waals surface area contributed by atoms with E-state index in [1.807, 2.05) is 24.3 Å². The molecule has 3 aromatic rings. The SMILES string of the molecule is CC(C)(CNc1cc2nc[nH]c2cn1)c1ccc(Cl)c(Cl)c1. The summed E-state index contributed by atoms with van der Waals surface area (Å²) in [5, 5.41) is 4.50.